The van der Waals surface area contributed by atoms with Crippen molar-refractivity contribution in [3.8, 4) is 0 Å². The van der Waals surface area contributed by atoms with Crippen molar-refractivity contribution in [2.45, 2.75) is 19.9 Å². The van der Waals surface area contributed by atoms with E-state index in [2.05, 4.69) is 18.3 Å². The van der Waals surface area contributed by atoms with Crippen LogP contribution in [0.1, 0.15) is 21.7 Å². The van der Waals surface area contributed by atoms with Crippen LogP contribution in [0.25, 0.3) is 0 Å². The van der Waals surface area contributed by atoms with Gasteiger partial charge < -0.3 is 5.11 Å². The van der Waals surface area contributed by atoms with E-state index in [1.807, 2.05) is 0 Å². The number of aromatic nitrogens is 2. The third-order valence-electron chi connectivity index (χ3n) is 2.13. The Hall–Kier alpha value is -1.84. The summed E-state index contributed by atoms with van der Waals surface area (Å²) in [6.45, 7) is 9.34. The molecule has 1 rings (SSSR count). The van der Waals surface area contributed by atoms with Gasteiger partial charge in [-0.05, 0) is 6.92 Å². The van der Waals surface area contributed by atoms with Crippen molar-refractivity contribution in [3.05, 3.63) is 42.3 Å². The Kier molecular flexibility index (Phi) is 3.44. The molecule has 0 unspecified atom stereocenters. The summed E-state index contributed by atoms with van der Waals surface area (Å²) in [6, 6.07) is 0. The van der Waals surface area contributed by atoms with Crippen molar-refractivity contribution in [1.82, 2.24) is 9.78 Å². The normalized spacial score (nSPS) is 9.93. The molecular weight excluding hydrogens is 192 g/mol. The fourth-order valence-corrected chi connectivity index (χ4v) is 1.46. The first kappa shape index (κ1) is 11.2. The third-order valence-corrected chi connectivity index (χ3v) is 2.13. The largest absolute Gasteiger partial charge is 0.477 e. The van der Waals surface area contributed by atoms with Crippen LogP contribution in [0.4, 0.5) is 0 Å². The second-order valence-electron chi connectivity index (χ2n) is 3.19. The molecule has 0 aromatic carbocycles. The molecule has 0 atom stereocenters. The van der Waals surface area contributed by atoms with Gasteiger partial charge in [-0.25, -0.2) is 4.79 Å². The Morgan fingerprint density at radius 3 is 2.67 bits per heavy atom. The predicted molar refractivity (Wildman–Crippen MR) is 58.0 cm³/mol. The molecule has 0 fully saturated rings. The van der Waals surface area contributed by atoms with Gasteiger partial charge in [-0.1, -0.05) is 12.2 Å². The third kappa shape index (κ3) is 2.15. The van der Waals surface area contributed by atoms with E-state index in [4.69, 9.17) is 5.11 Å². The highest BCUT2D eigenvalue weighted by molar-refractivity contribution is 5.87. The molecule has 0 aliphatic heterocycles. The number of rotatable bonds is 5. The summed E-state index contributed by atoms with van der Waals surface area (Å²) >= 11 is 0. The minimum absolute atomic E-state index is 0.228. The maximum absolute atomic E-state index is 11.0. The van der Waals surface area contributed by atoms with Gasteiger partial charge in [0, 0.05) is 12.0 Å². The average molecular weight is 206 g/mol. The van der Waals surface area contributed by atoms with Gasteiger partial charge in [0.05, 0.1) is 12.2 Å². The van der Waals surface area contributed by atoms with E-state index in [0.717, 1.165) is 5.69 Å². The summed E-state index contributed by atoms with van der Waals surface area (Å²) in [5.74, 6) is -0.961. The Morgan fingerprint density at radius 1 is 1.53 bits per heavy atom. The van der Waals surface area contributed by atoms with Gasteiger partial charge in [0.2, 0.25) is 0 Å². The molecule has 80 valence electrons. The number of carboxylic acids is 1. The summed E-state index contributed by atoms with van der Waals surface area (Å²) in [7, 11) is 0. The molecule has 1 heterocycles. The number of carbonyl (C=O) groups is 1. The lowest BCUT2D eigenvalue weighted by molar-refractivity contribution is 0.0683. The van der Waals surface area contributed by atoms with E-state index < -0.39 is 5.97 Å². The van der Waals surface area contributed by atoms with Gasteiger partial charge in [0.15, 0.2) is 0 Å². The first-order valence-electron chi connectivity index (χ1n) is 4.63. The molecule has 0 amide bonds. The van der Waals surface area contributed by atoms with Crippen molar-refractivity contribution in [1.29, 1.82) is 0 Å². The van der Waals surface area contributed by atoms with Gasteiger partial charge in [-0.2, -0.15) is 5.10 Å². The lowest BCUT2D eigenvalue weighted by Gasteiger charge is -1.99. The lowest BCUT2D eigenvalue weighted by Crippen LogP contribution is -2.09. The summed E-state index contributed by atoms with van der Waals surface area (Å²) < 4.78 is 1.45. The van der Waals surface area contributed by atoms with Crippen LogP contribution in [0.3, 0.4) is 0 Å². The smallest absolute Gasteiger partial charge is 0.354 e. The van der Waals surface area contributed by atoms with Crippen molar-refractivity contribution in [3.63, 3.8) is 0 Å². The highest BCUT2D eigenvalue weighted by Crippen LogP contribution is 2.14. The molecule has 1 aromatic rings. The topological polar surface area (TPSA) is 55.1 Å². The summed E-state index contributed by atoms with van der Waals surface area (Å²) in [5, 5.41) is 13.2. The van der Waals surface area contributed by atoms with Gasteiger partial charge >= 0.3 is 5.97 Å². The molecular formula is C11H14N2O2. The quantitative estimate of drug-likeness (QED) is 0.747. The molecule has 0 bridgehead atoms. The monoisotopic (exact) mass is 206 g/mol. The number of carboxylic acid groups (broad SMARTS) is 1. The zero-order chi connectivity index (χ0) is 11.4. The van der Waals surface area contributed by atoms with Gasteiger partial charge in [-0.15, -0.1) is 13.2 Å². The molecule has 15 heavy (non-hydrogen) atoms. The molecule has 0 radical (unpaired) electrons. The Bertz CT molecular complexity index is 405. The number of nitrogens with zero attached hydrogens (tertiary/aromatic N) is 2. The molecule has 0 saturated carbocycles. The standard InChI is InChI=1S/C11H14N2O2/c1-4-6-9-8(3)10(11(14)15)13(12-9)7-5-2/h4-5H,1-2,6-7H2,3H3,(H,14,15). The second-order valence-corrected chi connectivity index (χ2v) is 3.19. The molecule has 0 aliphatic carbocycles. The predicted octanol–water partition coefficient (Wildman–Crippen LogP) is 1.80. The lowest BCUT2D eigenvalue weighted by atomic mass is 10.1. The molecule has 4 nitrogen and oxygen atoms in total. The molecule has 1 N–H and O–H groups in total. The van der Waals surface area contributed by atoms with Crippen LogP contribution in [0.2, 0.25) is 0 Å². The average Bonchev–Trinajstić information content (AvgIpc) is 2.45. The zero-order valence-corrected chi connectivity index (χ0v) is 8.73. The highest BCUT2D eigenvalue weighted by atomic mass is 16.4. The number of hydrogen-bond acceptors (Lipinski definition) is 2. The first-order chi connectivity index (χ1) is 7.11. The van der Waals surface area contributed by atoms with E-state index in [-0.39, 0.29) is 5.69 Å². The van der Waals surface area contributed by atoms with Crippen LogP contribution >= 0.6 is 0 Å². The fourth-order valence-electron chi connectivity index (χ4n) is 1.46. The summed E-state index contributed by atoms with van der Waals surface area (Å²) in [4.78, 5) is 11.0. The minimum Gasteiger partial charge on any atom is -0.477 e. The summed E-state index contributed by atoms with van der Waals surface area (Å²) in [5.41, 5.74) is 1.68. The van der Waals surface area contributed by atoms with E-state index in [9.17, 15) is 4.79 Å². The molecule has 1 aromatic heterocycles. The molecule has 0 saturated heterocycles. The molecule has 0 spiro atoms. The number of hydrogen-bond donors (Lipinski definition) is 1. The van der Waals surface area contributed by atoms with E-state index >= 15 is 0 Å². The second kappa shape index (κ2) is 4.59. The first-order valence-corrected chi connectivity index (χ1v) is 4.63. The molecule has 4 heteroatoms. The van der Waals surface area contributed by atoms with Crippen molar-refractivity contribution >= 4 is 5.97 Å². The maximum atomic E-state index is 11.0. The Labute approximate surface area is 88.5 Å². The molecule has 0 aliphatic rings. The fraction of sp³-hybridized carbons (Fsp3) is 0.273. The zero-order valence-electron chi connectivity index (χ0n) is 8.73. The SMILES string of the molecule is C=CCc1nn(CC=C)c(C(=O)O)c1C. The van der Waals surface area contributed by atoms with Crippen LogP contribution in [0.15, 0.2) is 25.3 Å². The van der Waals surface area contributed by atoms with Gasteiger partial charge in [0.1, 0.15) is 5.69 Å². The van der Waals surface area contributed by atoms with Crippen LogP contribution in [0, 0.1) is 6.92 Å². The minimum atomic E-state index is -0.961. The van der Waals surface area contributed by atoms with Gasteiger partial charge in [0.25, 0.3) is 0 Å². The van der Waals surface area contributed by atoms with Crippen molar-refractivity contribution < 1.29 is 9.90 Å². The van der Waals surface area contributed by atoms with Crippen LogP contribution < -0.4 is 0 Å². The maximum Gasteiger partial charge on any atom is 0.354 e. The Morgan fingerprint density at radius 2 is 2.20 bits per heavy atom. The van der Waals surface area contributed by atoms with E-state index in [1.165, 1.54) is 4.68 Å². The van der Waals surface area contributed by atoms with Crippen molar-refractivity contribution in [2.75, 3.05) is 0 Å². The van der Waals surface area contributed by atoms with Crippen LogP contribution in [-0.4, -0.2) is 20.9 Å². The number of allylic oxidation sites excluding steroid dienone is 2. The van der Waals surface area contributed by atoms with E-state index in [0.29, 0.717) is 18.5 Å². The van der Waals surface area contributed by atoms with Crippen LogP contribution in [0.5, 0.6) is 0 Å². The Balaban J connectivity index is 3.24. The number of aromatic carboxylic acids is 1. The van der Waals surface area contributed by atoms with E-state index in [1.54, 1.807) is 19.1 Å². The van der Waals surface area contributed by atoms with Gasteiger partial charge in [-0.3, -0.25) is 4.68 Å². The van der Waals surface area contributed by atoms with Crippen molar-refractivity contribution in [2.24, 2.45) is 0 Å². The van der Waals surface area contributed by atoms with Crippen LogP contribution in [-0.2, 0) is 13.0 Å². The summed E-state index contributed by atoms with van der Waals surface area (Å²) in [6.07, 6.45) is 3.91. The highest BCUT2D eigenvalue weighted by Gasteiger charge is 2.18.